The van der Waals surface area contributed by atoms with Crippen LogP contribution in [0.15, 0.2) is 53.1 Å². The quantitative estimate of drug-likeness (QED) is 0.741. The number of rotatable bonds is 5. The first-order valence-electron chi connectivity index (χ1n) is 10.5. The Bertz CT molecular complexity index is 1240. The van der Waals surface area contributed by atoms with Crippen LogP contribution in [0, 0.1) is 0 Å². The summed E-state index contributed by atoms with van der Waals surface area (Å²) in [6, 6.07) is 11.5. The number of benzene rings is 2. The van der Waals surface area contributed by atoms with Crippen LogP contribution in [0.1, 0.15) is 45.5 Å². The zero-order valence-corrected chi connectivity index (χ0v) is 18.1. The zero-order valence-electron chi connectivity index (χ0n) is 17.3. The van der Waals surface area contributed by atoms with Gasteiger partial charge in [0.1, 0.15) is 5.70 Å². The number of sulfonamides is 1. The van der Waals surface area contributed by atoms with Gasteiger partial charge in [-0.15, -0.1) is 0 Å². The predicted molar refractivity (Wildman–Crippen MR) is 116 cm³/mol. The molecule has 2 aliphatic heterocycles. The predicted octanol–water partition coefficient (Wildman–Crippen LogP) is 2.61. The molecule has 1 fully saturated rings. The highest BCUT2D eigenvalue weighted by Gasteiger charge is 2.41. The van der Waals surface area contributed by atoms with Gasteiger partial charge in [0.2, 0.25) is 28.4 Å². The first kappa shape index (κ1) is 20.7. The second kappa shape index (κ2) is 8.07. The Morgan fingerprint density at radius 2 is 1.56 bits per heavy atom. The molecule has 1 saturated heterocycles. The number of Topliss-reactive ketones (excluding diaryl/α,β-unsaturated/α-hetero) is 2. The number of hydrogen-bond acceptors (Lipinski definition) is 7. The Balaban J connectivity index is 1.52. The van der Waals surface area contributed by atoms with Crippen molar-refractivity contribution >= 4 is 21.6 Å². The maximum atomic E-state index is 13.4. The summed E-state index contributed by atoms with van der Waals surface area (Å²) in [5.41, 5.74) is 0.981. The van der Waals surface area contributed by atoms with E-state index < -0.39 is 26.5 Å². The van der Waals surface area contributed by atoms with Crippen LogP contribution < -0.4 is 14.2 Å². The smallest absolute Gasteiger partial charge is 0.247 e. The Morgan fingerprint density at radius 1 is 0.875 bits per heavy atom. The minimum absolute atomic E-state index is 0.0217. The SMILES string of the molecule is O=C1C(N2CCCCC2)=C(S(=O)(=O)NCc2ccc3c(c2)OCO3)C(=O)c2ccccc21. The molecule has 2 aromatic rings. The highest BCUT2D eigenvalue weighted by molar-refractivity contribution is 7.94. The monoisotopic (exact) mass is 454 g/mol. The summed E-state index contributed by atoms with van der Waals surface area (Å²) in [6.07, 6.45) is 2.68. The van der Waals surface area contributed by atoms with Crippen LogP contribution in [0.4, 0.5) is 0 Å². The number of likely N-dealkylation sites (tertiary alicyclic amines) is 1. The molecular formula is C23H22N2O6S. The number of carbonyl (C=O) groups excluding carboxylic acids is 2. The molecule has 0 radical (unpaired) electrons. The molecule has 5 rings (SSSR count). The third-order valence-electron chi connectivity index (χ3n) is 5.90. The molecule has 0 atom stereocenters. The Hall–Kier alpha value is -3.17. The third kappa shape index (κ3) is 3.57. The molecule has 3 aliphatic rings. The van der Waals surface area contributed by atoms with Crippen molar-refractivity contribution in [3.63, 3.8) is 0 Å². The van der Waals surface area contributed by atoms with Crippen molar-refractivity contribution in [1.82, 2.24) is 9.62 Å². The van der Waals surface area contributed by atoms with Crippen LogP contribution in [-0.4, -0.2) is 44.8 Å². The number of ketones is 2. The van der Waals surface area contributed by atoms with Crippen molar-refractivity contribution in [2.75, 3.05) is 19.9 Å². The Morgan fingerprint density at radius 3 is 2.31 bits per heavy atom. The number of ether oxygens (including phenoxy) is 2. The lowest BCUT2D eigenvalue weighted by molar-refractivity contribution is 0.0939. The maximum absolute atomic E-state index is 13.4. The zero-order chi connectivity index (χ0) is 22.3. The molecule has 166 valence electrons. The van der Waals surface area contributed by atoms with Gasteiger partial charge in [-0.05, 0) is 37.0 Å². The van der Waals surface area contributed by atoms with Crippen molar-refractivity contribution in [3.05, 3.63) is 69.8 Å². The molecule has 2 heterocycles. The van der Waals surface area contributed by atoms with Crippen LogP contribution >= 0.6 is 0 Å². The summed E-state index contributed by atoms with van der Waals surface area (Å²) in [4.78, 5) is 28.0. The molecular weight excluding hydrogens is 432 g/mol. The number of allylic oxidation sites excluding steroid dienone is 2. The van der Waals surface area contributed by atoms with Crippen molar-refractivity contribution < 1.29 is 27.5 Å². The van der Waals surface area contributed by atoms with Gasteiger partial charge < -0.3 is 14.4 Å². The van der Waals surface area contributed by atoms with E-state index in [-0.39, 0.29) is 30.2 Å². The molecule has 0 unspecified atom stereocenters. The van der Waals surface area contributed by atoms with E-state index in [0.717, 1.165) is 19.3 Å². The van der Waals surface area contributed by atoms with Gasteiger partial charge in [-0.2, -0.15) is 0 Å². The highest BCUT2D eigenvalue weighted by atomic mass is 32.2. The number of fused-ring (bicyclic) bond motifs is 2. The molecule has 0 aromatic heterocycles. The maximum Gasteiger partial charge on any atom is 0.247 e. The Kier molecular flexibility index (Phi) is 5.22. The molecule has 1 aliphatic carbocycles. The number of hydrogen-bond donors (Lipinski definition) is 1. The third-order valence-corrected chi connectivity index (χ3v) is 7.34. The highest BCUT2D eigenvalue weighted by Crippen LogP contribution is 2.34. The topological polar surface area (TPSA) is 102 Å². The molecule has 8 nitrogen and oxygen atoms in total. The summed E-state index contributed by atoms with van der Waals surface area (Å²) in [5, 5.41) is 0. The van der Waals surface area contributed by atoms with E-state index in [1.807, 2.05) is 0 Å². The van der Waals surface area contributed by atoms with E-state index in [0.29, 0.717) is 30.2 Å². The van der Waals surface area contributed by atoms with Gasteiger partial charge in [0.15, 0.2) is 16.4 Å². The average molecular weight is 455 g/mol. The van der Waals surface area contributed by atoms with Crippen molar-refractivity contribution in [2.24, 2.45) is 0 Å². The molecule has 0 bridgehead atoms. The first-order chi connectivity index (χ1) is 15.5. The minimum atomic E-state index is -4.27. The minimum Gasteiger partial charge on any atom is -0.454 e. The van der Waals surface area contributed by atoms with Crippen molar-refractivity contribution in [1.29, 1.82) is 0 Å². The summed E-state index contributed by atoms with van der Waals surface area (Å²) in [5.74, 6) is 0.0497. The number of nitrogens with zero attached hydrogens (tertiary/aromatic N) is 1. The lowest BCUT2D eigenvalue weighted by Crippen LogP contribution is -2.41. The van der Waals surface area contributed by atoms with E-state index in [1.54, 1.807) is 41.3 Å². The normalized spacial score (nSPS) is 18.2. The van der Waals surface area contributed by atoms with E-state index in [9.17, 15) is 18.0 Å². The molecule has 0 saturated carbocycles. The number of carbonyl (C=O) groups is 2. The lowest BCUT2D eigenvalue weighted by Gasteiger charge is -2.33. The van der Waals surface area contributed by atoms with Gasteiger partial charge in [0, 0.05) is 30.8 Å². The molecule has 9 heteroatoms. The second-order valence-electron chi connectivity index (χ2n) is 7.94. The largest absolute Gasteiger partial charge is 0.454 e. The van der Waals surface area contributed by atoms with E-state index in [4.69, 9.17) is 9.47 Å². The van der Waals surface area contributed by atoms with Crippen molar-refractivity contribution in [2.45, 2.75) is 25.8 Å². The van der Waals surface area contributed by atoms with Gasteiger partial charge in [0.05, 0.1) is 0 Å². The fraction of sp³-hybridized carbons (Fsp3) is 0.304. The molecule has 0 spiro atoms. The standard InChI is InChI=1S/C23H22N2O6S/c26-21-16-6-2-3-7-17(16)22(27)23(20(21)25-10-4-1-5-11-25)32(28,29)24-13-15-8-9-18-19(12-15)31-14-30-18/h2-3,6-9,12,24H,1,4-5,10-11,13-14H2. The summed E-state index contributed by atoms with van der Waals surface area (Å²) < 4.78 is 39.9. The van der Waals surface area contributed by atoms with Crippen LogP contribution in [0.5, 0.6) is 11.5 Å². The van der Waals surface area contributed by atoms with E-state index in [2.05, 4.69) is 4.72 Å². The van der Waals surface area contributed by atoms with Crippen LogP contribution in [-0.2, 0) is 16.6 Å². The van der Waals surface area contributed by atoms with E-state index >= 15 is 0 Å². The lowest BCUT2D eigenvalue weighted by atomic mass is 9.91. The molecule has 2 aromatic carbocycles. The van der Waals surface area contributed by atoms with E-state index in [1.165, 1.54) is 6.07 Å². The van der Waals surface area contributed by atoms with Crippen LogP contribution in [0.25, 0.3) is 0 Å². The summed E-state index contributed by atoms with van der Waals surface area (Å²) >= 11 is 0. The number of piperidine rings is 1. The number of nitrogens with one attached hydrogen (secondary N) is 1. The molecule has 1 N–H and O–H groups in total. The molecule has 0 amide bonds. The van der Waals surface area contributed by atoms with Gasteiger partial charge in [0.25, 0.3) is 0 Å². The average Bonchev–Trinajstić information content (AvgIpc) is 3.28. The van der Waals surface area contributed by atoms with Crippen molar-refractivity contribution in [3.8, 4) is 11.5 Å². The van der Waals surface area contributed by atoms with Gasteiger partial charge in [-0.1, -0.05) is 30.3 Å². The summed E-state index contributed by atoms with van der Waals surface area (Å²) in [7, 11) is -4.27. The van der Waals surface area contributed by atoms with Crippen LogP contribution in [0.3, 0.4) is 0 Å². The molecule has 32 heavy (non-hydrogen) atoms. The second-order valence-corrected chi connectivity index (χ2v) is 9.65. The van der Waals surface area contributed by atoms with Crippen LogP contribution in [0.2, 0.25) is 0 Å². The van der Waals surface area contributed by atoms with Gasteiger partial charge >= 0.3 is 0 Å². The first-order valence-corrected chi connectivity index (χ1v) is 12.0. The fourth-order valence-electron chi connectivity index (χ4n) is 4.30. The summed E-state index contributed by atoms with van der Waals surface area (Å²) in [6.45, 7) is 1.14. The van der Waals surface area contributed by atoms with Gasteiger partial charge in [-0.25, -0.2) is 13.1 Å². The van der Waals surface area contributed by atoms with Gasteiger partial charge in [-0.3, -0.25) is 9.59 Å². The Labute approximate surface area is 185 Å². The fourth-order valence-corrected chi connectivity index (χ4v) is 5.63.